The number of nitrogens with one attached hydrogen (secondary N) is 1. The summed E-state index contributed by atoms with van der Waals surface area (Å²) in [6, 6.07) is 7.28. The molecule has 5 heteroatoms. The lowest BCUT2D eigenvalue weighted by molar-refractivity contribution is 0.102. The number of carbonyl (C=O) groups is 1. The lowest BCUT2D eigenvalue weighted by Gasteiger charge is -2.09. The highest BCUT2D eigenvalue weighted by molar-refractivity contribution is 6.05. The van der Waals surface area contributed by atoms with Crippen molar-refractivity contribution in [1.29, 1.82) is 0 Å². The lowest BCUT2D eigenvalue weighted by atomic mass is 10.2. The van der Waals surface area contributed by atoms with Gasteiger partial charge in [-0.15, -0.1) is 0 Å². The molecule has 0 radical (unpaired) electrons. The number of para-hydroxylation sites is 2. The fourth-order valence-corrected chi connectivity index (χ4v) is 1.66. The molecule has 1 aromatic carbocycles. The van der Waals surface area contributed by atoms with E-state index in [0.717, 1.165) is 5.69 Å². The minimum Gasteiger partial charge on any atom is -0.495 e. The highest BCUT2D eigenvalue weighted by Gasteiger charge is 2.14. The molecule has 18 heavy (non-hydrogen) atoms. The molecule has 0 aliphatic carbocycles. The summed E-state index contributed by atoms with van der Waals surface area (Å²) in [6.45, 7) is 1.85. The normalized spacial score (nSPS) is 10.2. The molecule has 0 aliphatic rings. The van der Waals surface area contributed by atoms with Crippen LogP contribution in [0.2, 0.25) is 0 Å². The highest BCUT2D eigenvalue weighted by Crippen LogP contribution is 2.23. The summed E-state index contributed by atoms with van der Waals surface area (Å²) in [7, 11) is 3.37. The van der Waals surface area contributed by atoms with Gasteiger partial charge in [-0.3, -0.25) is 9.48 Å². The number of methoxy groups -OCH3 is 1. The van der Waals surface area contributed by atoms with Gasteiger partial charge in [0.1, 0.15) is 5.75 Å². The van der Waals surface area contributed by atoms with E-state index in [4.69, 9.17) is 4.74 Å². The number of ether oxygens (including phenoxy) is 1. The number of hydrogen-bond donors (Lipinski definition) is 1. The maximum absolute atomic E-state index is 12.1. The van der Waals surface area contributed by atoms with Gasteiger partial charge in [0.2, 0.25) is 0 Å². The largest absolute Gasteiger partial charge is 0.495 e. The molecule has 0 spiro atoms. The topological polar surface area (TPSA) is 56.1 Å². The Morgan fingerprint density at radius 3 is 2.72 bits per heavy atom. The Kier molecular flexibility index (Phi) is 3.32. The zero-order valence-electron chi connectivity index (χ0n) is 10.6. The van der Waals surface area contributed by atoms with Crippen molar-refractivity contribution >= 4 is 11.6 Å². The van der Waals surface area contributed by atoms with Gasteiger partial charge in [-0.25, -0.2) is 0 Å². The molecule has 1 amide bonds. The van der Waals surface area contributed by atoms with Crippen LogP contribution >= 0.6 is 0 Å². The van der Waals surface area contributed by atoms with Crippen LogP contribution in [0, 0.1) is 6.92 Å². The molecule has 0 atom stereocenters. The van der Waals surface area contributed by atoms with Gasteiger partial charge in [0.15, 0.2) is 0 Å². The summed E-state index contributed by atoms with van der Waals surface area (Å²) >= 11 is 0. The molecule has 1 aromatic heterocycles. The molecule has 1 heterocycles. The number of anilines is 1. The number of amides is 1. The van der Waals surface area contributed by atoms with Crippen molar-refractivity contribution in [2.24, 2.45) is 7.05 Å². The minimum absolute atomic E-state index is 0.190. The number of rotatable bonds is 3. The summed E-state index contributed by atoms with van der Waals surface area (Å²) in [6.07, 6.45) is 1.56. The molecule has 0 unspecified atom stereocenters. The van der Waals surface area contributed by atoms with Crippen molar-refractivity contribution in [3.63, 3.8) is 0 Å². The first-order valence-electron chi connectivity index (χ1n) is 5.56. The molecule has 0 aliphatic heterocycles. The van der Waals surface area contributed by atoms with Crippen molar-refractivity contribution in [2.75, 3.05) is 12.4 Å². The smallest absolute Gasteiger partial charge is 0.259 e. The molecule has 2 aromatic rings. The van der Waals surface area contributed by atoms with E-state index in [-0.39, 0.29) is 5.91 Å². The van der Waals surface area contributed by atoms with Gasteiger partial charge in [-0.1, -0.05) is 12.1 Å². The third kappa shape index (κ3) is 2.20. The number of benzene rings is 1. The molecule has 0 saturated carbocycles. The van der Waals surface area contributed by atoms with Crippen LogP contribution in [0.1, 0.15) is 16.1 Å². The zero-order valence-corrected chi connectivity index (χ0v) is 10.6. The lowest BCUT2D eigenvalue weighted by Crippen LogP contribution is -2.13. The molecule has 94 valence electrons. The zero-order chi connectivity index (χ0) is 13.1. The van der Waals surface area contributed by atoms with Crippen molar-refractivity contribution in [2.45, 2.75) is 6.92 Å². The Hall–Kier alpha value is -2.30. The second-order valence-corrected chi connectivity index (χ2v) is 3.92. The summed E-state index contributed by atoms with van der Waals surface area (Å²) in [5, 5.41) is 6.86. The van der Waals surface area contributed by atoms with E-state index in [1.807, 2.05) is 19.1 Å². The van der Waals surface area contributed by atoms with Gasteiger partial charge in [0.25, 0.3) is 5.91 Å². The molecule has 0 fully saturated rings. The van der Waals surface area contributed by atoms with Crippen LogP contribution in [0.5, 0.6) is 5.75 Å². The van der Waals surface area contributed by atoms with Crippen molar-refractivity contribution in [3.05, 3.63) is 41.7 Å². The molecule has 1 N–H and O–H groups in total. The third-order valence-corrected chi connectivity index (χ3v) is 2.84. The number of aryl methyl sites for hydroxylation is 1. The molecule has 0 saturated heterocycles. The van der Waals surface area contributed by atoms with Gasteiger partial charge < -0.3 is 10.1 Å². The van der Waals surface area contributed by atoms with Crippen LogP contribution in [0.15, 0.2) is 30.5 Å². The molecule has 0 bridgehead atoms. The number of aromatic nitrogens is 2. The van der Waals surface area contributed by atoms with E-state index in [1.54, 1.807) is 37.2 Å². The van der Waals surface area contributed by atoms with Crippen molar-refractivity contribution < 1.29 is 9.53 Å². The molecule has 2 rings (SSSR count). The van der Waals surface area contributed by atoms with Gasteiger partial charge in [0.05, 0.1) is 24.6 Å². The molecular weight excluding hydrogens is 230 g/mol. The van der Waals surface area contributed by atoms with Crippen molar-refractivity contribution in [1.82, 2.24) is 9.78 Å². The summed E-state index contributed by atoms with van der Waals surface area (Å²) < 4.78 is 6.85. The van der Waals surface area contributed by atoms with E-state index >= 15 is 0 Å². The second kappa shape index (κ2) is 4.91. The SMILES string of the molecule is COc1ccccc1NC(=O)c1cnn(C)c1C. The van der Waals surface area contributed by atoms with Crippen LogP contribution in [-0.2, 0) is 7.05 Å². The first-order valence-corrected chi connectivity index (χ1v) is 5.56. The summed E-state index contributed by atoms with van der Waals surface area (Å²) in [4.78, 5) is 12.1. The van der Waals surface area contributed by atoms with E-state index < -0.39 is 0 Å². The second-order valence-electron chi connectivity index (χ2n) is 3.92. The predicted octanol–water partition coefficient (Wildman–Crippen LogP) is 1.99. The Bertz CT molecular complexity index is 575. The Labute approximate surface area is 105 Å². The maximum Gasteiger partial charge on any atom is 0.259 e. The van der Waals surface area contributed by atoms with Gasteiger partial charge in [-0.2, -0.15) is 5.10 Å². The number of carbonyl (C=O) groups excluding carboxylic acids is 1. The first-order chi connectivity index (χ1) is 8.63. The van der Waals surface area contributed by atoms with Crippen LogP contribution in [0.25, 0.3) is 0 Å². The van der Waals surface area contributed by atoms with Crippen LogP contribution < -0.4 is 10.1 Å². The average molecular weight is 245 g/mol. The highest BCUT2D eigenvalue weighted by atomic mass is 16.5. The number of hydrogen-bond acceptors (Lipinski definition) is 3. The Balaban J connectivity index is 2.24. The summed E-state index contributed by atoms with van der Waals surface area (Å²) in [5.41, 5.74) is 2.03. The van der Waals surface area contributed by atoms with E-state index in [2.05, 4.69) is 10.4 Å². The van der Waals surface area contributed by atoms with Gasteiger partial charge in [-0.05, 0) is 19.1 Å². The predicted molar refractivity (Wildman–Crippen MR) is 68.9 cm³/mol. The van der Waals surface area contributed by atoms with E-state index in [0.29, 0.717) is 17.0 Å². The van der Waals surface area contributed by atoms with E-state index in [1.165, 1.54) is 0 Å². The van der Waals surface area contributed by atoms with Crippen LogP contribution in [-0.4, -0.2) is 22.8 Å². The average Bonchev–Trinajstić information content (AvgIpc) is 2.71. The van der Waals surface area contributed by atoms with Crippen LogP contribution in [0.4, 0.5) is 5.69 Å². The maximum atomic E-state index is 12.1. The first kappa shape index (κ1) is 12.2. The quantitative estimate of drug-likeness (QED) is 0.899. The van der Waals surface area contributed by atoms with E-state index in [9.17, 15) is 4.79 Å². The minimum atomic E-state index is -0.190. The third-order valence-electron chi connectivity index (χ3n) is 2.84. The fourth-order valence-electron chi connectivity index (χ4n) is 1.66. The monoisotopic (exact) mass is 245 g/mol. The Morgan fingerprint density at radius 2 is 2.11 bits per heavy atom. The fraction of sp³-hybridized carbons (Fsp3) is 0.231. The van der Waals surface area contributed by atoms with Crippen LogP contribution in [0.3, 0.4) is 0 Å². The van der Waals surface area contributed by atoms with Crippen molar-refractivity contribution in [3.8, 4) is 5.75 Å². The standard InChI is InChI=1S/C13H15N3O2/c1-9-10(8-14-16(9)2)13(17)15-11-6-4-5-7-12(11)18-3/h4-8H,1-3H3,(H,15,17). The summed E-state index contributed by atoms with van der Waals surface area (Å²) in [5.74, 6) is 0.442. The Morgan fingerprint density at radius 1 is 1.39 bits per heavy atom. The molecular formula is C13H15N3O2. The number of nitrogens with zero attached hydrogens (tertiary/aromatic N) is 2. The molecule has 5 nitrogen and oxygen atoms in total. The van der Waals surface area contributed by atoms with Gasteiger partial charge in [0, 0.05) is 12.7 Å². The van der Waals surface area contributed by atoms with Gasteiger partial charge >= 0.3 is 0 Å².